The Labute approximate surface area is 125 Å². The average molecular weight is 275 g/mol. The van der Waals surface area contributed by atoms with Crippen molar-refractivity contribution in [2.45, 2.75) is 71.1 Å². The van der Waals surface area contributed by atoms with E-state index in [0.29, 0.717) is 0 Å². The average Bonchev–Trinajstić information content (AvgIpc) is 2.48. The molecule has 0 aromatic heterocycles. The van der Waals surface area contributed by atoms with Gasteiger partial charge in [0.2, 0.25) is 0 Å². The van der Waals surface area contributed by atoms with Gasteiger partial charge < -0.3 is 4.74 Å². The number of unbranched alkanes of at least 4 members (excludes halogenated alkanes) is 7. The van der Waals surface area contributed by atoms with Crippen LogP contribution in [0.2, 0.25) is 0 Å². The molecule has 0 atom stereocenters. The fourth-order valence-corrected chi connectivity index (χ4v) is 2.41. The van der Waals surface area contributed by atoms with Gasteiger partial charge >= 0.3 is 0 Å². The first-order valence-electron chi connectivity index (χ1n) is 8.38. The molecule has 0 amide bonds. The molecule has 0 spiro atoms. The Morgan fingerprint density at radius 2 is 1.60 bits per heavy atom. The summed E-state index contributed by atoms with van der Waals surface area (Å²) in [5.41, 5.74) is 1.37. The summed E-state index contributed by atoms with van der Waals surface area (Å²) < 4.78 is 5.85. The lowest BCUT2D eigenvalue weighted by Crippen LogP contribution is -2.00. The molecular formula is C19H31O. The van der Waals surface area contributed by atoms with Crippen LogP contribution in [0.1, 0.15) is 70.3 Å². The van der Waals surface area contributed by atoms with Gasteiger partial charge in [-0.15, -0.1) is 0 Å². The van der Waals surface area contributed by atoms with Crippen molar-refractivity contribution in [3.05, 3.63) is 36.8 Å². The number of aryl methyl sites for hydroxylation is 1. The number of hydrogen-bond acceptors (Lipinski definition) is 1. The largest absolute Gasteiger partial charge is 0.493 e. The van der Waals surface area contributed by atoms with Gasteiger partial charge in [0.1, 0.15) is 5.75 Å². The second-order valence-electron chi connectivity index (χ2n) is 5.53. The SMILES string of the molecule is [CH2]CCCOc1ccccc1CCCCCCCCC. The second kappa shape index (κ2) is 11.8. The summed E-state index contributed by atoms with van der Waals surface area (Å²) in [6.07, 6.45) is 12.7. The Morgan fingerprint density at radius 3 is 2.35 bits per heavy atom. The highest BCUT2D eigenvalue weighted by molar-refractivity contribution is 5.33. The van der Waals surface area contributed by atoms with Crippen LogP contribution in [0.5, 0.6) is 5.75 Å². The molecule has 20 heavy (non-hydrogen) atoms. The van der Waals surface area contributed by atoms with Crippen LogP contribution in [0.15, 0.2) is 24.3 Å². The van der Waals surface area contributed by atoms with Gasteiger partial charge in [0.25, 0.3) is 0 Å². The quantitative estimate of drug-likeness (QED) is 0.427. The molecule has 1 nitrogen and oxygen atoms in total. The van der Waals surface area contributed by atoms with E-state index < -0.39 is 0 Å². The fourth-order valence-electron chi connectivity index (χ4n) is 2.41. The predicted octanol–water partition coefficient (Wildman–Crippen LogP) is 5.97. The maximum Gasteiger partial charge on any atom is 0.122 e. The van der Waals surface area contributed by atoms with Gasteiger partial charge in [-0.3, -0.25) is 0 Å². The minimum absolute atomic E-state index is 0.789. The van der Waals surface area contributed by atoms with Crippen molar-refractivity contribution in [3.8, 4) is 5.75 Å². The predicted molar refractivity (Wildman–Crippen MR) is 88.2 cm³/mol. The molecule has 1 heteroatoms. The summed E-state index contributed by atoms with van der Waals surface area (Å²) in [6, 6.07) is 8.48. The van der Waals surface area contributed by atoms with E-state index in [1.54, 1.807) is 0 Å². The Balaban J connectivity index is 2.21. The molecule has 0 unspecified atom stereocenters. The molecule has 0 N–H and O–H groups in total. The molecule has 0 fully saturated rings. The minimum atomic E-state index is 0.789. The van der Waals surface area contributed by atoms with Gasteiger partial charge in [0.15, 0.2) is 0 Å². The zero-order chi connectivity index (χ0) is 14.5. The first-order chi connectivity index (χ1) is 9.88. The standard InChI is InChI=1S/C19H31O/c1-3-5-7-8-9-10-11-14-18-15-12-13-16-19(18)20-17-6-4-2/h12-13,15-16H,2-11,14,17H2,1H3. The highest BCUT2D eigenvalue weighted by atomic mass is 16.5. The molecule has 0 aliphatic heterocycles. The van der Waals surface area contributed by atoms with Crippen LogP contribution in [0.25, 0.3) is 0 Å². The fraction of sp³-hybridized carbons (Fsp3) is 0.632. The first-order valence-corrected chi connectivity index (χ1v) is 8.38. The molecular weight excluding hydrogens is 244 g/mol. The topological polar surface area (TPSA) is 9.23 Å². The van der Waals surface area contributed by atoms with E-state index in [4.69, 9.17) is 4.74 Å². The highest BCUT2D eigenvalue weighted by Gasteiger charge is 2.02. The number of hydrogen-bond donors (Lipinski definition) is 0. The molecule has 113 valence electrons. The van der Waals surface area contributed by atoms with Crippen molar-refractivity contribution in [1.82, 2.24) is 0 Å². The number of rotatable bonds is 12. The zero-order valence-corrected chi connectivity index (χ0v) is 13.2. The molecule has 0 heterocycles. The molecule has 0 bridgehead atoms. The van der Waals surface area contributed by atoms with E-state index >= 15 is 0 Å². The maximum atomic E-state index is 5.85. The van der Waals surface area contributed by atoms with Crippen LogP contribution in [0, 0.1) is 6.92 Å². The van der Waals surface area contributed by atoms with Gasteiger partial charge in [-0.05, 0) is 30.9 Å². The molecule has 1 aromatic carbocycles. The van der Waals surface area contributed by atoms with Gasteiger partial charge in [-0.25, -0.2) is 0 Å². The molecule has 1 radical (unpaired) electrons. The number of para-hydroxylation sites is 1. The first kappa shape index (κ1) is 17.1. The third-order valence-electron chi connectivity index (χ3n) is 3.67. The van der Waals surface area contributed by atoms with Gasteiger partial charge in [0, 0.05) is 0 Å². The van der Waals surface area contributed by atoms with E-state index in [0.717, 1.165) is 31.6 Å². The lowest BCUT2D eigenvalue weighted by Gasteiger charge is -2.11. The number of ether oxygens (including phenoxy) is 1. The summed E-state index contributed by atoms with van der Waals surface area (Å²) >= 11 is 0. The maximum absolute atomic E-state index is 5.85. The van der Waals surface area contributed by atoms with Crippen LogP contribution in [0.4, 0.5) is 0 Å². The van der Waals surface area contributed by atoms with Crippen LogP contribution in [-0.2, 0) is 6.42 Å². The van der Waals surface area contributed by atoms with Crippen molar-refractivity contribution in [2.24, 2.45) is 0 Å². The Kier molecular flexibility index (Phi) is 10.1. The van der Waals surface area contributed by atoms with E-state index in [-0.39, 0.29) is 0 Å². The molecule has 0 saturated heterocycles. The van der Waals surface area contributed by atoms with Crippen LogP contribution < -0.4 is 4.74 Å². The third kappa shape index (κ3) is 7.57. The van der Waals surface area contributed by atoms with E-state index in [2.05, 4.69) is 38.1 Å². The van der Waals surface area contributed by atoms with Crippen molar-refractivity contribution in [1.29, 1.82) is 0 Å². The van der Waals surface area contributed by atoms with E-state index in [1.807, 2.05) is 0 Å². The number of benzene rings is 1. The Hall–Kier alpha value is -0.980. The van der Waals surface area contributed by atoms with Gasteiger partial charge in [-0.2, -0.15) is 0 Å². The van der Waals surface area contributed by atoms with Crippen LogP contribution in [-0.4, -0.2) is 6.61 Å². The van der Waals surface area contributed by atoms with Crippen LogP contribution >= 0.6 is 0 Å². The van der Waals surface area contributed by atoms with Crippen LogP contribution in [0.3, 0.4) is 0 Å². The van der Waals surface area contributed by atoms with Crippen molar-refractivity contribution in [2.75, 3.05) is 6.61 Å². The summed E-state index contributed by atoms with van der Waals surface area (Å²) in [5, 5.41) is 0. The smallest absolute Gasteiger partial charge is 0.122 e. The molecule has 0 aliphatic rings. The van der Waals surface area contributed by atoms with E-state index in [9.17, 15) is 0 Å². The molecule has 0 aliphatic carbocycles. The van der Waals surface area contributed by atoms with E-state index in [1.165, 1.54) is 50.5 Å². The zero-order valence-electron chi connectivity index (χ0n) is 13.2. The summed E-state index contributed by atoms with van der Waals surface area (Å²) in [6.45, 7) is 6.91. The Bertz CT molecular complexity index is 332. The van der Waals surface area contributed by atoms with Crippen molar-refractivity contribution in [3.63, 3.8) is 0 Å². The van der Waals surface area contributed by atoms with Crippen molar-refractivity contribution >= 4 is 0 Å². The summed E-state index contributed by atoms with van der Waals surface area (Å²) in [7, 11) is 0. The van der Waals surface area contributed by atoms with Crippen molar-refractivity contribution < 1.29 is 4.74 Å². The summed E-state index contributed by atoms with van der Waals surface area (Å²) in [4.78, 5) is 0. The molecule has 1 aromatic rings. The Morgan fingerprint density at radius 1 is 0.900 bits per heavy atom. The highest BCUT2D eigenvalue weighted by Crippen LogP contribution is 2.21. The normalized spacial score (nSPS) is 10.7. The third-order valence-corrected chi connectivity index (χ3v) is 3.67. The van der Waals surface area contributed by atoms with Gasteiger partial charge in [0.05, 0.1) is 6.61 Å². The van der Waals surface area contributed by atoms with Gasteiger partial charge in [-0.1, -0.05) is 77.0 Å². The lowest BCUT2D eigenvalue weighted by atomic mass is 10.0. The lowest BCUT2D eigenvalue weighted by molar-refractivity contribution is 0.308. The minimum Gasteiger partial charge on any atom is -0.493 e. The summed E-state index contributed by atoms with van der Waals surface area (Å²) in [5.74, 6) is 1.08. The second-order valence-corrected chi connectivity index (χ2v) is 5.53. The molecule has 1 rings (SSSR count). The molecule has 0 saturated carbocycles. The monoisotopic (exact) mass is 275 g/mol.